The molecule has 0 bridgehead atoms. The number of carbonyl (C=O) groups is 1. The van der Waals surface area contributed by atoms with Crippen LogP contribution in [-0.4, -0.2) is 40.7 Å². The van der Waals surface area contributed by atoms with Crippen LogP contribution in [0.4, 0.5) is 0 Å². The highest BCUT2D eigenvalue weighted by Crippen LogP contribution is 2.17. The average Bonchev–Trinajstić information content (AvgIpc) is 2.36. The Morgan fingerprint density at radius 3 is 2.55 bits per heavy atom. The van der Waals surface area contributed by atoms with E-state index in [1.165, 1.54) is 6.92 Å². The lowest BCUT2D eigenvalue weighted by Gasteiger charge is -2.10. The second-order valence-electron chi connectivity index (χ2n) is 4.19. The van der Waals surface area contributed by atoms with Crippen molar-refractivity contribution >= 4 is 5.78 Å². The van der Waals surface area contributed by atoms with Gasteiger partial charge in [0.1, 0.15) is 6.61 Å². The topological polar surface area (TPSA) is 121 Å². The molecular weight excluding hydrogens is 268 g/mol. The van der Waals surface area contributed by atoms with Crippen LogP contribution >= 0.6 is 0 Å². The smallest absolute Gasteiger partial charge is 0.328 e. The van der Waals surface area contributed by atoms with E-state index in [2.05, 4.69) is 4.98 Å². The normalized spacial score (nSPS) is 10.3. The molecule has 1 rings (SSSR count). The zero-order chi connectivity index (χ0) is 15.0. The highest BCUT2D eigenvalue weighted by molar-refractivity contribution is 5.77. The number of H-pyrrole nitrogens is 2. The number of nitrogens with one attached hydrogen (secondary N) is 2. The maximum absolute atomic E-state index is 11.6. The van der Waals surface area contributed by atoms with Crippen molar-refractivity contribution in [3.8, 4) is 11.6 Å². The Morgan fingerprint density at radius 1 is 1.15 bits per heavy atom. The molecule has 8 heteroatoms. The minimum absolute atomic E-state index is 0.0935. The molecule has 3 N–H and O–H groups in total. The number of ketones is 1. The van der Waals surface area contributed by atoms with E-state index in [0.717, 1.165) is 6.42 Å². The van der Waals surface area contributed by atoms with Crippen LogP contribution in [-0.2, 0) is 4.79 Å². The van der Waals surface area contributed by atoms with Crippen LogP contribution in [0.5, 0.6) is 11.6 Å². The van der Waals surface area contributed by atoms with Crippen LogP contribution in [0.2, 0.25) is 0 Å². The molecule has 0 radical (unpaired) electrons. The highest BCUT2D eigenvalue weighted by Gasteiger charge is 2.13. The summed E-state index contributed by atoms with van der Waals surface area (Å²) in [5.74, 6) is -0.574. The van der Waals surface area contributed by atoms with Crippen molar-refractivity contribution in [2.24, 2.45) is 0 Å². The van der Waals surface area contributed by atoms with E-state index in [1.54, 1.807) is 0 Å². The SMILES string of the molecule is CC(=O)COc1c(OCCCCCO)[nH]c(=O)[nH]c1=O. The fourth-order valence-electron chi connectivity index (χ4n) is 1.43. The number of aliphatic hydroxyl groups excluding tert-OH is 1. The van der Waals surface area contributed by atoms with Gasteiger partial charge in [-0.25, -0.2) is 4.79 Å². The molecule has 1 aromatic rings. The second-order valence-corrected chi connectivity index (χ2v) is 4.19. The van der Waals surface area contributed by atoms with Crippen LogP contribution in [0.3, 0.4) is 0 Å². The summed E-state index contributed by atoms with van der Waals surface area (Å²) < 4.78 is 10.3. The van der Waals surface area contributed by atoms with Gasteiger partial charge in [-0.2, -0.15) is 0 Å². The van der Waals surface area contributed by atoms with Crippen molar-refractivity contribution in [1.29, 1.82) is 0 Å². The number of hydrogen-bond acceptors (Lipinski definition) is 6. The van der Waals surface area contributed by atoms with Gasteiger partial charge < -0.3 is 14.6 Å². The summed E-state index contributed by atoms with van der Waals surface area (Å²) >= 11 is 0. The van der Waals surface area contributed by atoms with Crippen molar-refractivity contribution < 1.29 is 19.4 Å². The first-order valence-electron chi connectivity index (χ1n) is 6.27. The van der Waals surface area contributed by atoms with Crippen LogP contribution < -0.4 is 20.7 Å². The maximum Gasteiger partial charge on any atom is 0.328 e. The molecule has 0 fully saturated rings. The lowest BCUT2D eigenvalue weighted by atomic mass is 10.2. The molecule has 20 heavy (non-hydrogen) atoms. The molecule has 0 aliphatic heterocycles. The molecule has 0 amide bonds. The summed E-state index contributed by atoms with van der Waals surface area (Å²) in [6.07, 6.45) is 2.07. The first kappa shape index (κ1) is 16.0. The molecule has 8 nitrogen and oxygen atoms in total. The van der Waals surface area contributed by atoms with Crippen molar-refractivity contribution in [2.75, 3.05) is 19.8 Å². The molecular formula is C12H18N2O6. The van der Waals surface area contributed by atoms with Gasteiger partial charge in [0.15, 0.2) is 5.78 Å². The predicted octanol–water partition coefficient (Wildman–Crippen LogP) is -0.428. The molecule has 0 spiro atoms. The van der Waals surface area contributed by atoms with E-state index in [1.807, 2.05) is 4.98 Å². The summed E-state index contributed by atoms with van der Waals surface area (Å²) in [5.41, 5.74) is -1.46. The Kier molecular flexibility index (Phi) is 6.51. The average molecular weight is 286 g/mol. The first-order chi connectivity index (χ1) is 9.54. The number of aliphatic hydroxyl groups is 1. The Balaban J connectivity index is 2.73. The van der Waals surface area contributed by atoms with Gasteiger partial charge in [0, 0.05) is 6.61 Å². The number of Topliss-reactive ketones (excluding diaryl/α,β-unsaturated/α-hetero) is 1. The van der Waals surface area contributed by atoms with Crippen molar-refractivity contribution in [3.63, 3.8) is 0 Å². The standard InChI is InChI=1S/C12H18N2O6/c1-8(16)7-20-9-10(17)13-12(18)14-11(9)19-6-4-2-3-5-15/h15H,2-7H2,1H3,(H2,13,14,17,18). The Hall–Kier alpha value is -2.09. The predicted molar refractivity (Wildman–Crippen MR) is 70.3 cm³/mol. The minimum Gasteiger partial charge on any atom is -0.476 e. The van der Waals surface area contributed by atoms with Crippen molar-refractivity contribution in [2.45, 2.75) is 26.2 Å². The number of ether oxygens (including phenoxy) is 2. The number of carbonyl (C=O) groups excluding carboxylic acids is 1. The van der Waals surface area contributed by atoms with Gasteiger partial charge in [-0.05, 0) is 26.2 Å². The van der Waals surface area contributed by atoms with E-state index in [4.69, 9.17) is 14.6 Å². The lowest BCUT2D eigenvalue weighted by Crippen LogP contribution is -2.26. The van der Waals surface area contributed by atoms with Crippen LogP contribution in [0.1, 0.15) is 26.2 Å². The molecule has 0 aliphatic rings. The van der Waals surface area contributed by atoms with E-state index >= 15 is 0 Å². The Morgan fingerprint density at radius 2 is 1.90 bits per heavy atom. The molecule has 0 unspecified atom stereocenters. The zero-order valence-electron chi connectivity index (χ0n) is 11.2. The molecule has 1 aromatic heterocycles. The number of hydrogen-bond donors (Lipinski definition) is 3. The van der Waals surface area contributed by atoms with Gasteiger partial charge in [0.2, 0.25) is 11.6 Å². The molecule has 0 atom stereocenters. The minimum atomic E-state index is -0.750. The summed E-state index contributed by atoms with van der Waals surface area (Å²) in [5, 5.41) is 8.64. The summed E-state index contributed by atoms with van der Waals surface area (Å²) in [6, 6.07) is 0. The molecule has 1 heterocycles. The van der Waals surface area contributed by atoms with Gasteiger partial charge >= 0.3 is 5.69 Å². The van der Waals surface area contributed by atoms with E-state index in [-0.39, 0.29) is 37.2 Å². The van der Waals surface area contributed by atoms with Crippen LogP contribution in [0, 0.1) is 0 Å². The summed E-state index contributed by atoms with van der Waals surface area (Å²) in [4.78, 5) is 37.9. The third kappa shape index (κ3) is 5.27. The molecule has 0 aromatic carbocycles. The monoisotopic (exact) mass is 286 g/mol. The molecule has 0 saturated heterocycles. The Bertz CT molecular complexity index is 548. The van der Waals surface area contributed by atoms with Gasteiger partial charge in [0.25, 0.3) is 5.56 Å². The largest absolute Gasteiger partial charge is 0.476 e. The fraction of sp³-hybridized carbons (Fsp3) is 0.583. The van der Waals surface area contributed by atoms with Gasteiger partial charge in [-0.3, -0.25) is 19.6 Å². The number of rotatable bonds is 9. The Labute approximate surface area is 114 Å². The fourth-order valence-corrected chi connectivity index (χ4v) is 1.43. The van der Waals surface area contributed by atoms with E-state index in [9.17, 15) is 14.4 Å². The third-order valence-electron chi connectivity index (χ3n) is 2.34. The highest BCUT2D eigenvalue weighted by atomic mass is 16.5. The summed E-state index contributed by atoms with van der Waals surface area (Å²) in [7, 11) is 0. The molecule has 0 aliphatic carbocycles. The third-order valence-corrected chi connectivity index (χ3v) is 2.34. The van der Waals surface area contributed by atoms with E-state index in [0.29, 0.717) is 12.8 Å². The quantitative estimate of drug-likeness (QED) is 0.530. The lowest BCUT2D eigenvalue weighted by molar-refractivity contribution is -0.118. The van der Waals surface area contributed by atoms with Gasteiger partial charge in [0.05, 0.1) is 6.61 Å². The van der Waals surface area contributed by atoms with Gasteiger partial charge in [-0.1, -0.05) is 0 Å². The number of aromatic amines is 2. The number of unbranched alkanes of at least 4 members (excludes halogenated alkanes) is 2. The van der Waals surface area contributed by atoms with E-state index < -0.39 is 11.2 Å². The second kappa shape index (κ2) is 8.16. The summed E-state index contributed by atoms with van der Waals surface area (Å²) in [6.45, 7) is 1.40. The van der Waals surface area contributed by atoms with Gasteiger partial charge in [-0.15, -0.1) is 0 Å². The van der Waals surface area contributed by atoms with Crippen molar-refractivity contribution in [1.82, 2.24) is 9.97 Å². The van der Waals surface area contributed by atoms with Crippen molar-refractivity contribution in [3.05, 3.63) is 20.8 Å². The molecule has 0 saturated carbocycles. The van der Waals surface area contributed by atoms with Crippen LogP contribution in [0.25, 0.3) is 0 Å². The maximum atomic E-state index is 11.6. The zero-order valence-corrected chi connectivity index (χ0v) is 11.2. The first-order valence-corrected chi connectivity index (χ1v) is 6.27. The molecule has 112 valence electrons. The van der Waals surface area contributed by atoms with Crippen LogP contribution in [0.15, 0.2) is 9.59 Å². The number of aromatic nitrogens is 2.